The van der Waals surface area contributed by atoms with Gasteiger partial charge in [-0.05, 0) is 33.6 Å². The third-order valence-electron chi connectivity index (χ3n) is 1.82. The molecule has 6 heteroatoms. The zero-order valence-corrected chi connectivity index (χ0v) is 9.07. The predicted molar refractivity (Wildman–Crippen MR) is 51.7 cm³/mol. The molecule has 1 aromatic carbocycles. The quantitative estimate of drug-likeness (QED) is 0.827. The van der Waals surface area contributed by atoms with Crippen molar-refractivity contribution in [1.29, 1.82) is 0 Å². The zero-order chi connectivity index (χ0) is 11.6. The van der Waals surface area contributed by atoms with E-state index >= 15 is 0 Å². The maximum Gasteiger partial charge on any atom is 0.390 e. The Morgan fingerprint density at radius 1 is 1.33 bits per heavy atom. The minimum absolute atomic E-state index is 0.109. The van der Waals surface area contributed by atoms with Crippen molar-refractivity contribution in [2.45, 2.75) is 18.6 Å². The van der Waals surface area contributed by atoms with Crippen LogP contribution >= 0.6 is 15.9 Å². The Morgan fingerprint density at radius 3 is 2.40 bits per heavy atom. The number of nitrogens with two attached hydrogens (primary N) is 1. The Morgan fingerprint density at radius 2 is 1.93 bits per heavy atom. The van der Waals surface area contributed by atoms with E-state index < -0.39 is 24.5 Å². The van der Waals surface area contributed by atoms with Gasteiger partial charge in [-0.25, -0.2) is 4.39 Å². The second kappa shape index (κ2) is 4.49. The van der Waals surface area contributed by atoms with Crippen LogP contribution in [0.2, 0.25) is 0 Å². The fraction of sp³-hybridized carbons (Fsp3) is 0.333. The van der Waals surface area contributed by atoms with E-state index in [1.807, 2.05) is 0 Å². The Bertz CT molecular complexity index is 350. The average molecular weight is 286 g/mol. The number of halogens is 5. The summed E-state index contributed by atoms with van der Waals surface area (Å²) in [5.74, 6) is -0.530. The molecule has 1 rings (SSSR count). The summed E-state index contributed by atoms with van der Waals surface area (Å²) in [4.78, 5) is 0. The van der Waals surface area contributed by atoms with Gasteiger partial charge in [0.2, 0.25) is 0 Å². The SMILES string of the molecule is NC(CC(F)(F)F)c1ccc(F)c(Br)c1. The van der Waals surface area contributed by atoms with Crippen molar-refractivity contribution in [2.75, 3.05) is 0 Å². The van der Waals surface area contributed by atoms with Crippen LogP contribution in [0.4, 0.5) is 17.6 Å². The summed E-state index contributed by atoms with van der Waals surface area (Å²) >= 11 is 2.88. The van der Waals surface area contributed by atoms with Crippen LogP contribution in [-0.4, -0.2) is 6.18 Å². The summed E-state index contributed by atoms with van der Waals surface area (Å²) in [6.45, 7) is 0. The largest absolute Gasteiger partial charge is 0.390 e. The molecule has 0 radical (unpaired) electrons. The molecule has 1 aromatic rings. The normalized spacial score (nSPS) is 14.0. The number of hydrogen-bond acceptors (Lipinski definition) is 1. The third kappa shape index (κ3) is 3.79. The maximum atomic E-state index is 12.8. The van der Waals surface area contributed by atoms with E-state index in [0.717, 1.165) is 6.07 Å². The molecule has 0 aliphatic rings. The second-order valence-electron chi connectivity index (χ2n) is 3.10. The Labute approximate surface area is 92.4 Å². The van der Waals surface area contributed by atoms with E-state index in [1.54, 1.807) is 0 Å². The Hall–Kier alpha value is -0.620. The number of hydrogen-bond donors (Lipinski definition) is 1. The van der Waals surface area contributed by atoms with E-state index in [1.165, 1.54) is 12.1 Å². The Balaban J connectivity index is 2.83. The van der Waals surface area contributed by atoms with Gasteiger partial charge in [-0.1, -0.05) is 6.07 Å². The van der Waals surface area contributed by atoms with Crippen molar-refractivity contribution in [2.24, 2.45) is 5.73 Å². The maximum absolute atomic E-state index is 12.8. The summed E-state index contributed by atoms with van der Waals surface area (Å²) in [6, 6.07) is 2.42. The van der Waals surface area contributed by atoms with Crippen molar-refractivity contribution in [3.8, 4) is 0 Å². The van der Waals surface area contributed by atoms with Crippen molar-refractivity contribution >= 4 is 15.9 Å². The van der Waals surface area contributed by atoms with Crippen LogP contribution in [0.15, 0.2) is 22.7 Å². The van der Waals surface area contributed by atoms with Gasteiger partial charge < -0.3 is 5.73 Å². The minimum atomic E-state index is -4.32. The van der Waals surface area contributed by atoms with Crippen molar-refractivity contribution in [3.05, 3.63) is 34.1 Å². The molecule has 0 fully saturated rings. The van der Waals surface area contributed by atoms with Gasteiger partial charge in [0.25, 0.3) is 0 Å². The highest BCUT2D eigenvalue weighted by atomic mass is 79.9. The average Bonchev–Trinajstić information content (AvgIpc) is 2.06. The minimum Gasteiger partial charge on any atom is -0.324 e. The fourth-order valence-corrected chi connectivity index (χ4v) is 1.51. The van der Waals surface area contributed by atoms with E-state index in [2.05, 4.69) is 15.9 Å². The fourth-order valence-electron chi connectivity index (χ4n) is 1.11. The first-order valence-electron chi connectivity index (χ1n) is 4.07. The topological polar surface area (TPSA) is 26.0 Å². The molecular formula is C9H8BrF4N. The molecule has 0 spiro atoms. The van der Waals surface area contributed by atoms with Crippen molar-refractivity contribution in [3.63, 3.8) is 0 Å². The highest BCUT2D eigenvalue weighted by molar-refractivity contribution is 9.10. The molecule has 1 atom stereocenters. The lowest BCUT2D eigenvalue weighted by Crippen LogP contribution is -2.20. The summed E-state index contributed by atoms with van der Waals surface area (Å²) in [5, 5.41) is 0. The molecular weight excluding hydrogens is 278 g/mol. The summed E-state index contributed by atoms with van der Waals surface area (Å²) in [5.41, 5.74) is 5.59. The standard InChI is InChI=1S/C9H8BrF4N/c10-6-3-5(1-2-7(6)11)8(15)4-9(12,13)14/h1-3,8H,4,15H2. The molecule has 0 aliphatic carbocycles. The molecule has 84 valence electrons. The molecule has 1 unspecified atom stereocenters. The zero-order valence-electron chi connectivity index (χ0n) is 7.48. The molecule has 0 aromatic heterocycles. The van der Waals surface area contributed by atoms with Gasteiger partial charge in [0.15, 0.2) is 0 Å². The monoisotopic (exact) mass is 285 g/mol. The molecule has 2 N–H and O–H groups in total. The van der Waals surface area contributed by atoms with Gasteiger partial charge >= 0.3 is 6.18 Å². The highest BCUT2D eigenvalue weighted by Crippen LogP contribution is 2.29. The van der Waals surface area contributed by atoms with Gasteiger partial charge in [0.05, 0.1) is 10.9 Å². The first-order chi connectivity index (χ1) is 6.79. The van der Waals surface area contributed by atoms with E-state index in [4.69, 9.17) is 5.73 Å². The van der Waals surface area contributed by atoms with Crippen molar-refractivity contribution < 1.29 is 17.6 Å². The molecule has 0 aliphatic heterocycles. The van der Waals surface area contributed by atoms with E-state index in [-0.39, 0.29) is 10.0 Å². The lowest BCUT2D eigenvalue weighted by Gasteiger charge is -2.14. The molecule has 0 amide bonds. The van der Waals surface area contributed by atoms with E-state index in [9.17, 15) is 17.6 Å². The summed E-state index contributed by atoms with van der Waals surface area (Å²) in [7, 11) is 0. The van der Waals surface area contributed by atoms with Crippen LogP contribution in [0.3, 0.4) is 0 Å². The lowest BCUT2D eigenvalue weighted by atomic mass is 10.0. The lowest BCUT2D eigenvalue weighted by molar-refractivity contribution is -0.138. The molecule has 0 saturated carbocycles. The highest BCUT2D eigenvalue weighted by Gasteiger charge is 2.31. The van der Waals surface area contributed by atoms with Crippen LogP contribution in [0, 0.1) is 5.82 Å². The predicted octanol–water partition coefficient (Wildman–Crippen LogP) is 3.54. The van der Waals surface area contributed by atoms with Gasteiger partial charge in [0.1, 0.15) is 5.82 Å². The first kappa shape index (κ1) is 12.4. The molecule has 15 heavy (non-hydrogen) atoms. The van der Waals surface area contributed by atoms with Gasteiger partial charge in [-0.15, -0.1) is 0 Å². The van der Waals surface area contributed by atoms with Crippen LogP contribution < -0.4 is 5.73 Å². The summed E-state index contributed by atoms with van der Waals surface area (Å²) in [6.07, 6.45) is -5.44. The van der Waals surface area contributed by atoms with Crippen LogP contribution in [0.25, 0.3) is 0 Å². The number of benzene rings is 1. The first-order valence-corrected chi connectivity index (χ1v) is 4.86. The van der Waals surface area contributed by atoms with Crippen LogP contribution in [-0.2, 0) is 0 Å². The van der Waals surface area contributed by atoms with Gasteiger partial charge in [0, 0.05) is 6.04 Å². The smallest absolute Gasteiger partial charge is 0.324 e. The Kier molecular flexibility index (Phi) is 3.72. The van der Waals surface area contributed by atoms with Crippen LogP contribution in [0.1, 0.15) is 18.0 Å². The molecule has 0 saturated heterocycles. The van der Waals surface area contributed by atoms with Gasteiger partial charge in [-0.2, -0.15) is 13.2 Å². The van der Waals surface area contributed by atoms with Crippen LogP contribution in [0.5, 0.6) is 0 Å². The number of rotatable bonds is 2. The van der Waals surface area contributed by atoms with Gasteiger partial charge in [-0.3, -0.25) is 0 Å². The van der Waals surface area contributed by atoms with Crippen molar-refractivity contribution in [1.82, 2.24) is 0 Å². The molecule has 1 nitrogen and oxygen atoms in total. The second-order valence-corrected chi connectivity index (χ2v) is 3.95. The number of alkyl halides is 3. The molecule has 0 heterocycles. The molecule has 0 bridgehead atoms. The summed E-state index contributed by atoms with van der Waals surface area (Å²) < 4.78 is 48.9. The third-order valence-corrected chi connectivity index (χ3v) is 2.43. The van der Waals surface area contributed by atoms with E-state index in [0.29, 0.717) is 0 Å².